The van der Waals surface area contributed by atoms with E-state index >= 15 is 0 Å². The van der Waals surface area contributed by atoms with E-state index in [9.17, 15) is 0 Å². The van der Waals surface area contributed by atoms with E-state index in [1.165, 1.54) is 0 Å². The predicted octanol–water partition coefficient (Wildman–Crippen LogP) is 0.206. The molecule has 1 rings (SSSR count). The van der Waals surface area contributed by atoms with Gasteiger partial charge in [-0.15, -0.1) is 0 Å². The third-order valence-electron chi connectivity index (χ3n) is 2.09. The zero-order valence-electron chi connectivity index (χ0n) is 8.08. The van der Waals surface area contributed by atoms with Crippen LogP contribution in [0.1, 0.15) is 25.7 Å². The molecule has 0 aliphatic carbocycles. The fourth-order valence-corrected chi connectivity index (χ4v) is 1.15. The van der Waals surface area contributed by atoms with Crippen molar-refractivity contribution >= 4 is 0 Å². The van der Waals surface area contributed by atoms with Crippen LogP contribution >= 0.6 is 0 Å². The molecule has 2 atom stereocenters. The van der Waals surface area contributed by atoms with Crippen LogP contribution in [0.15, 0.2) is 0 Å². The number of rotatable bonds is 8. The van der Waals surface area contributed by atoms with Crippen LogP contribution in [0.2, 0.25) is 0 Å². The largest absolute Gasteiger partial charge is 0.371 e. The van der Waals surface area contributed by atoms with Crippen molar-refractivity contribution in [3.8, 4) is 0 Å². The van der Waals surface area contributed by atoms with Crippen LogP contribution in [0, 0.1) is 0 Å². The third kappa shape index (κ3) is 5.99. The Labute approximate surface area is 79.6 Å². The minimum Gasteiger partial charge on any atom is -0.371 e. The second kappa shape index (κ2) is 6.32. The van der Waals surface area contributed by atoms with Gasteiger partial charge in [0.25, 0.3) is 0 Å². The molecule has 0 bridgehead atoms. The van der Waals surface area contributed by atoms with E-state index in [1.54, 1.807) is 0 Å². The summed E-state index contributed by atoms with van der Waals surface area (Å²) in [6.07, 6.45) is 4.44. The fourth-order valence-electron chi connectivity index (χ4n) is 1.15. The molecule has 0 spiro atoms. The summed E-state index contributed by atoms with van der Waals surface area (Å²) in [6.45, 7) is 2.25. The third-order valence-corrected chi connectivity index (χ3v) is 2.09. The van der Waals surface area contributed by atoms with E-state index in [2.05, 4.69) is 0 Å². The molecule has 4 N–H and O–H groups in total. The van der Waals surface area contributed by atoms with Crippen molar-refractivity contribution in [2.24, 2.45) is 11.5 Å². The first kappa shape index (κ1) is 10.9. The molecule has 0 saturated carbocycles. The van der Waals surface area contributed by atoms with Crippen LogP contribution in [0.25, 0.3) is 0 Å². The van der Waals surface area contributed by atoms with Gasteiger partial charge in [-0.05, 0) is 25.8 Å². The Morgan fingerprint density at radius 1 is 1.38 bits per heavy atom. The number of hydrogen-bond donors (Lipinski definition) is 2. The van der Waals surface area contributed by atoms with Crippen LogP contribution in [0.4, 0.5) is 0 Å². The summed E-state index contributed by atoms with van der Waals surface area (Å²) in [6, 6.07) is 0. The van der Waals surface area contributed by atoms with Crippen molar-refractivity contribution in [2.45, 2.75) is 38.0 Å². The van der Waals surface area contributed by atoms with Crippen LogP contribution < -0.4 is 11.5 Å². The van der Waals surface area contributed by atoms with E-state index in [0.717, 1.165) is 38.8 Å². The average Bonchev–Trinajstić information content (AvgIpc) is 2.92. The van der Waals surface area contributed by atoms with Gasteiger partial charge in [0, 0.05) is 0 Å². The Balaban J connectivity index is 1.81. The number of hydrogen-bond acceptors (Lipinski definition) is 4. The molecule has 1 heterocycles. The Bertz CT molecular complexity index is 129. The molecule has 0 amide bonds. The molecule has 0 aromatic rings. The Hall–Kier alpha value is -0.160. The maximum absolute atomic E-state index is 5.72. The number of epoxide rings is 1. The monoisotopic (exact) mass is 188 g/mol. The summed E-state index contributed by atoms with van der Waals surface area (Å²) in [7, 11) is 0. The lowest BCUT2D eigenvalue weighted by atomic mass is 10.2. The van der Waals surface area contributed by atoms with Gasteiger partial charge in [0.1, 0.15) is 12.3 Å². The van der Waals surface area contributed by atoms with Gasteiger partial charge < -0.3 is 20.9 Å². The van der Waals surface area contributed by atoms with Gasteiger partial charge in [-0.1, -0.05) is 6.42 Å². The summed E-state index contributed by atoms with van der Waals surface area (Å²) >= 11 is 0. The maximum atomic E-state index is 5.72. The standard InChI is InChI=1S/C9H20N2O2/c10-5-3-1-2-4-9(11)13-7-8-6-12-8/h8-9H,1-7,10-11H2. The van der Waals surface area contributed by atoms with Crippen molar-refractivity contribution in [1.29, 1.82) is 0 Å². The van der Waals surface area contributed by atoms with Crippen LogP contribution in [0.5, 0.6) is 0 Å². The topological polar surface area (TPSA) is 73.8 Å². The fraction of sp³-hybridized carbons (Fsp3) is 1.00. The summed E-state index contributed by atoms with van der Waals surface area (Å²) in [5.41, 5.74) is 11.1. The molecular formula is C9H20N2O2. The second-order valence-electron chi connectivity index (χ2n) is 3.47. The predicted molar refractivity (Wildman–Crippen MR) is 51.2 cm³/mol. The molecule has 78 valence electrons. The first-order chi connectivity index (χ1) is 6.33. The smallest absolute Gasteiger partial charge is 0.105 e. The van der Waals surface area contributed by atoms with E-state index in [4.69, 9.17) is 20.9 Å². The van der Waals surface area contributed by atoms with E-state index in [1.807, 2.05) is 0 Å². The number of unbranched alkanes of at least 4 members (excludes halogenated alkanes) is 2. The summed E-state index contributed by atoms with van der Waals surface area (Å²) in [5, 5.41) is 0. The molecule has 1 aliphatic rings. The zero-order chi connectivity index (χ0) is 9.52. The Morgan fingerprint density at radius 2 is 2.15 bits per heavy atom. The van der Waals surface area contributed by atoms with Gasteiger partial charge >= 0.3 is 0 Å². The highest BCUT2D eigenvalue weighted by atomic mass is 16.6. The van der Waals surface area contributed by atoms with E-state index < -0.39 is 0 Å². The van der Waals surface area contributed by atoms with Crippen molar-refractivity contribution in [2.75, 3.05) is 19.8 Å². The molecular weight excluding hydrogens is 168 g/mol. The molecule has 1 fully saturated rings. The van der Waals surface area contributed by atoms with Gasteiger partial charge in [-0.3, -0.25) is 0 Å². The summed E-state index contributed by atoms with van der Waals surface area (Å²) < 4.78 is 10.4. The maximum Gasteiger partial charge on any atom is 0.105 e. The molecule has 0 aromatic heterocycles. The van der Waals surface area contributed by atoms with Gasteiger partial charge in [-0.2, -0.15) is 0 Å². The Kier molecular flexibility index (Phi) is 5.31. The number of ether oxygens (including phenoxy) is 2. The molecule has 1 aliphatic heterocycles. The molecule has 2 unspecified atom stereocenters. The lowest BCUT2D eigenvalue weighted by Crippen LogP contribution is -2.25. The van der Waals surface area contributed by atoms with Crippen molar-refractivity contribution in [3.05, 3.63) is 0 Å². The second-order valence-corrected chi connectivity index (χ2v) is 3.47. The highest BCUT2D eigenvalue weighted by molar-refractivity contribution is 4.68. The minimum atomic E-state index is -0.123. The van der Waals surface area contributed by atoms with Gasteiger partial charge in [-0.25, -0.2) is 0 Å². The first-order valence-electron chi connectivity index (χ1n) is 5.02. The SMILES string of the molecule is NCCCCCC(N)OCC1CO1. The summed E-state index contributed by atoms with van der Waals surface area (Å²) in [4.78, 5) is 0. The molecule has 1 saturated heterocycles. The number of nitrogens with two attached hydrogens (primary N) is 2. The highest BCUT2D eigenvalue weighted by Crippen LogP contribution is 2.10. The van der Waals surface area contributed by atoms with E-state index in [0.29, 0.717) is 12.7 Å². The van der Waals surface area contributed by atoms with Crippen LogP contribution in [-0.4, -0.2) is 32.1 Å². The first-order valence-corrected chi connectivity index (χ1v) is 5.02. The van der Waals surface area contributed by atoms with E-state index in [-0.39, 0.29) is 6.23 Å². The van der Waals surface area contributed by atoms with Crippen LogP contribution in [-0.2, 0) is 9.47 Å². The molecule has 4 heteroatoms. The van der Waals surface area contributed by atoms with Crippen molar-refractivity contribution in [1.82, 2.24) is 0 Å². The van der Waals surface area contributed by atoms with Gasteiger partial charge in [0.15, 0.2) is 0 Å². The average molecular weight is 188 g/mol. The lowest BCUT2D eigenvalue weighted by molar-refractivity contribution is 0.0399. The van der Waals surface area contributed by atoms with Gasteiger partial charge in [0.2, 0.25) is 0 Å². The van der Waals surface area contributed by atoms with Crippen molar-refractivity contribution < 1.29 is 9.47 Å². The Morgan fingerprint density at radius 3 is 2.77 bits per heavy atom. The zero-order valence-corrected chi connectivity index (χ0v) is 8.08. The normalized spacial score (nSPS) is 23.1. The molecule has 0 radical (unpaired) electrons. The molecule has 13 heavy (non-hydrogen) atoms. The van der Waals surface area contributed by atoms with Crippen LogP contribution in [0.3, 0.4) is 0 Å². The molecule has 0 aromatic carbocycles. The van der Waals surface area contributed by atoms with Gasteiger partial charge in [0.05, 0.1) is 13.2 Å². The molecule has 4 nitrogen and oxygen atoms in total. The quantitative estimate of drug-likeness (QED) is 0.324. The lowest BCUT2D eigenvalue weighted by Gasteiger charge is -2.11. The summed E-state index contributed by atoms with van der Waals surface area (Å²) in [5.74, 6) is 0. The van der Waals surface area contributed by atoms with Crippen molar-refractivity contribution in [3.63, 3.8) is 0 Å². The highest BCUT2D eigenvalue weighted by Gasteiger charge is 2.23. The minimum absolute atomic E-state index is 0.123.